The monoisotopic (exact) mass is 387 g/mol. The summed E-state index contributed by atoms with van der Waals surface area (Å²) in [4.78, 5) is 38.6. The quantitative estimate of drug-likeness (QED) is 0.573. The fraction of sp³-hybridized carbons (Fsp3) is 0.591. The second kappa shape index (κ2) is 12.2. The smallest absolute Gasteiger partial charge is 0.251 e. The number of amides is 3. The molecule has 1 atom stereocenters. The van der Waals surface area contributed by atoms with E-state index in [1.165, 1.54) is 19.3 Å². The molecule has 0 aromatic heterocycles. The van der Waals surface area contributed by atoms with Gasteiger partial charge in [-0.1, -0.05) is 50.8 Å². The van der Waals surface area contributed by atoms with Gasteiger partial charge in [-0.2, -0.15) is 0 Å². The highest BCUT2D eigenvalue weighted by Gasteiger charge is 2.33. The number of benzene rings is 1. The summed E-state index contributed by atoms with van der Waals surface area (Å²) in [7, 11) is 0. The fourth-order valence-electron chi connectivity index (χ4n) is 3.53. The third kappa shape index (κ3) is 6.98. The molecule has 0 saturated carbocycles. The van der Waals surface area contributed by atoms with E-state index in [9.17, 15) is 14.4 Å². The zero-order valence-electron chi connectivity index (χ0n) is 16.9. The van der Waals surface area contributed by atoms with Crippen LogP contribution in [0.5, 0.6) is 0 Å². The highest BCUT2D eigenvalue weighted by Crippen LogP contribution is 2.19. The molecule has 1 aliphatic heterocycles. The molecule has 0 bridgehead atoms. The highest BCUT2D eigenvalue weighted by molar-refractivity contribution is 5.94. The first-order valence-corrected chi connectivity index (χ1v) is 10.5. The third-order valence-corrected chi connectivity index (χ3v) is 5.12. The van der Waals surface area contributed by atoms with Gasteiger partial charge in [0.1, 0.15) is 6.04 Å². The summed E-state index contributed by atoms with van der Waals surface area (Å²) >= 11 is 0. The predicted molar refractivity (Wildman–Crippen MR) is 110 cm³/mol. The van der Waals surface area contributed by atoms with Crippen molar-refractivity contribution >= 4 is 17.7 Å². The van der Waals surface area contributed by atoms with Crippen LogP contribution in [0.3, 0.4) is 0 Å². The lowest BCUT2D eigenvalue weighted by Crippen LogP contribution is -2.47. The summed E-state index contributed by atoms with van der Waals surface area (Å²) in [5.41, 5.74) is 0.598. The number of hydrogen-bond acceptors (Lipinski definition) is 3. The fourth-order valence-corrected chi connectivity index (χ4v) is 3.53. The lowest BCUT2D eigenvalue weighted by atomic mass is 10.1. The molecule has 1 aromatic carbocycles. The summed E-state index contributed by atoms with van der Waals surface area (Å²) in [6.07, 6.45) is 7.65. The lowest BCUT2D eigenvalue weighted by Gasteiger charge is -2.24. The summed E-state index contributed by atoms with van der Waals surface area (Å²) in [6.45, 7) is 3.55. The van der Waals surface area contributed by atoms with E-state index < -0.39 is 0 Å². The van der Waals surface area contributed by atoms with Crippen LogP contribution in [0.15, 0.2) is 30.3 Å². The molecule has 0 spiro atoms. The minimum Gasteiger partial charge on any atom is -0.353 e. The van der Waals surface area contributed by atoms with Crippen LogP contribution in [0, 0.1) is 0 Å². The maximum Gasteiger partial charge on any atom is 0.251 e. The minimum absolute atomic E-state index is 0.0894. The van der Waals surface area contributed by atoms with Crippen molar-refractivity contribution in [2.45, 2.75) is 64.3 Å². The number of unbranched alkanes of at least 4 members (excludes halogenated alkanes) is 4. The molecule has 2 N–H and O–H groups in total. The van der Waals surface area contributed by atoms with Gasteiger partial charge in [0, 0.05) is 31.6 Å². The van der Waals surface area contributed by atoms with Crippen molar-refractivity contribution < 1.29 is 14.4 Å². The molecule has 1 aromatic rings. The Kier molecular flexibility index (Phi) is 9.52. The van der Waals surface area contributed by atoms with Gasteiger partial charge in [0.05, 0.1) is 0 Å². The van der Waals surface area contributed by atoms with Gasteiger partial charge in [-0.25, -0.2) is 0 Å². The first kappa shape index (κ1) is 21.9. The Balaban J connectivity index is 1.67. The molecule has 0 aliphatic carbocycles. The number of rotatable bonds is 11. The molecule has 6 nitrogen and oxygen atoms in total. The summed E-state index contributed by atoms with van der Waals surface area (Å²) in [5, 5.41) is 5.64. The summed E-state index contributed by atoms with van der Waals surface area (Å²) in [5.74, 6) is -0.187. The molecular weight excluding hydrogens is 354 g/mol. The molecule has 0 unspecified atom stereocenters. The van der Waals surface area contributed by atoms with Gasteiger partial charge in [0.25, 0.3) is 5.91 Å². The average molecular weight is 388 g/mol. The molecule has 6 heteroatoms. The first-order chi connectivity index (χ1) is 13.6. The van der Waals surface area contributed by atoms with Crippen molar-refractivity contribution in [2.75, 3.05) is 19.6 Å². The van der Waals surface area contributed by atoms with Crippen LogP contribution in [0.4, 0.5) is 0 Å². The average Bonchev–Trinajstić information content (AvgIpc) is 3.21. The maximum atomic E-state index is 12.5. The van der Waals surface area contributed by atoms with E-state index in [4.69, 9.17) is 0 Å². The van der Waals surface area contributed by atoms with Crippen LogP contribution in [0.25, 0.3) is 0 Å². The highest BCUT2D eigenvalue weighted by atomic mass is 16.2. The Labute approximate surface area is 168 Å². The number of carbonyl (C=O) groups excluding carboxylic acids is 3. The molecule has 0 radical (unpaired) electrons. The third-order valence-electron chi connectivity index (χ3n) is 5.12. The summed E-state index contributed by atoms with van der Waals surface area (Å²) < 4.78 is 0. The topological polar surface area (TPSA) is 78.5 Å². The van der Waals surface area contributed by atoms with E-state index in [2.05, 4.69) is 17.6 Å². The van der Waals surface area contributed by atoms with Gasteiger partial charge >= 0.3 is 0 Å². The van der Waals surface area contributed by atoms with Gasteiger partial charge in [-0.15, -0.1) is 0 Å². The molecule has 1 aliphatic rings. The SMILES string of the molecule is CCCCCCCC(=O)N1CCC[C@H]1C(=O)NCCNC(=O)c1ccccc1. The van der Waals surface area contributed by atoms with Gasteiger partial charge in [-0.3, -0.25) is 14.4 Å². The van der Waals surface area contributed by atoms with Crippen molar-refractivity contribution in [3.8, 4) is 0 Å². The minimum atomic E-state index is -0.368. The van der Waals surface area contributed by atoms with Gasteiger partial charge in [0.2, 0.25) is 11.8 Å². The van der Waals surface area contributed by atoms with E-state index in [-0.39, 0.29) is 23.8 Å². The van der Waals surface area contributed by atoms with Crippen molar-refractivity contribution in [2.24, 2.45) is 0 Å². The van der Waals surface area contributed by atoms with Gasteiger partial charge in [0.15, 0.2) is 0 Å². The molecule has 2 rings (SSSR count). The molecule has 154 valence electrons. The van der Waals surface area contributed by atoms with Crippen LogP contribution in [-0.2, 0) is 9.59 Å². The van der Waals surface area contributed by atoms with Crippen molar-refractivity contribution in [3.63, 3.8) is 0 Å². The largest absolute Gasteiger partial charge is 0.353 e. The van der Waals surface area contributed by atoms with Crippen LogP contribution < -0.4 is 10.6 Å². The predicted octanol–water partition coefficient (Wildman–Crippen LogP) is 2.88. The Bertz CT molecular complexity index is 633. The second-order valence-electron chi connectivity index (χ2n) is 7.32. The molecule has 28 heavy (non-hydrogen) atoms. The molecule has 1 saturated heterocycles. The van der Waals surface area contributed by atoms with Crippen LogP contribution in [-0.4, -0.2) is 48.3 Å². The zero-order chi connectivity index (χ0) is 20.2. The number of likely N-dealkylation sites (tertiary alicyclic amines) is 1. The lowest BCUT2D eigenvalue weighted by molar-refractivity contribution is -0.138. The second-order valence-corrected chi connectivity index (χ2v) is 7.32. The van der Waals surface area contributed by atoms with E-state index >= 15 is 0 Å². The standard InChI is InChI=1S/C22H33N3O3/c1-2-3-4-5-9-14-20(26)25-17-10-13-19(25)22(28)24-16-15-23-21(27)18-11-7-6-8-12-18/h6-8,11-12,19H,2-5,9-10,13-17H2,1H3,(H,23,27)(H,24,28)/t19-/m0/s1. The first-order valence-electron chi connectivity index (χ1n) is 10.5. The Morgan fingerprint density at radius 2 is 1.71 bits per heavy atom. The number of hydrogen-bond donors (Lipinski definition) is 2. The van der Waals surface area contributed by atoms with Gasteiger partial charge in [-0.05, 0) is 31.4 Å². The molecule has 1 heterocycles. The van der Waals surface area contributed by atoms with E-state index in [0.717, 1.165) is 19.3 Å². The Morgan fingerprint density at radius 1 is 1.00 bits per heavy atom. The number of nitrogens with zero attached hydrogens (tertiary/aromatic N) is 1. The number of carbonyl (C=O) groups is 3. The van der Waals surface area contributed by atoms with Crippen LogP contribution in [0.2, 0.25) is 0 Å². The van der Waals surface area contributed by atoms with Gasteiger partial charge < -0.3 is 15.5 Å². The van der Waals surface area contributed by atoms with Crippen LogP contribution >= 0.6 is 0 Å². The molecular formula is C22H33N3O3. The van der Waals surface area contributed by atoms with E-state index in [1.54, 1.807) is 17.0 Å². The van der Waals surface area contributed by atoms with E-state index in [0.29, 0.717) is 38.0 Å². The normalized spacial score (nSPS) is 16.0. The van der Waals surface area contributed by atoms with Crippen molar-refractivity contribution in [1.29, 1.82) is 0 Å². The van der Waals surface area contributed by atoms with Crippen molar-refractivity contribution in [3.05, 3.63) is 35.9 Å². The zero-order valence-corrected chi connectivity index (χ0v) is 16.9. The molecule has 1 fully saturated rings. The summed E-state index contributed by atoms with van der Waals surface area (Å²) in [6, 6.07) is 8.61. The van der Waals surface area contributed by atoms with Crippen molar-refractivity contribution in [1.82, 2.24) is 15.5 Å². The van der Waals surface area contributed by atoms with E-state index in [1.807, 2.05) is 18.2 Å². The number of nitrogens with one attached hydrogen (secondary N) is 2. The maximum absolute atomic E-state index is 12.5. The Hall–Kier alpha value is -2.37. The molecule has 3 amide bonds. The Morgan fingerprint density at radius 3 is 2.46 bits per heavy atom. The van der Waals surface area contributed by atoms with Crippen LogP contribution in [0.1, 0.15) is 68.6 Å².